The first kappa shape index (κ1) is 41.8. The molecule has 1 aromatic carbocycles. The van der Waals surface area contributed by atoms with Gasteiger partial charge in [-0.05, 0) is 83.5 Å². The van der Waals surface area contributed by atoms with Gasteiger partial charge in [-0.3, -0.25) is 9.69 Å². The number of nitrogens with zero attached hydrogens (tertiary/aromatic N) is 3. The van der Waals surface area contributed by atoms with Gasteiger partial charge in [0.1, 0.15) is 24.4 Å². The quantitative estimate of drug-likeness (QED) is 0.0919. The second-order valence-corrected chi connectivity index (χ2v) is 14.6. The molecule has 11 nitrogen and oxygen atoms in total. The number of carbonyl (C=O) groups is 1. The number of nitrogens with one attached hydrogen (secondary N) is 1. The summed E-state index contributed by atoms with van der Waals surface area (Å²) in [5.74, 6) is -2.85. The van der Waals surface area contributed by atoms with E-state index < -0.39 is 59.5 Å². The molecule has 2 rings (SSSR count). The van der Waals surface area contributed by atoms with E-state index in [1.165, 1.54) is 26.3 Å². The second kappa shape index (κ2) is 19.1. The first-order valence-electron chi connectivity index (χ1n) is 17.3. The lowest BCUT2D eigenvalue weighted by Gasteiger charge is -2.43. The van der Waals surface area contributed by atoms with Crippen LogP contribution in [0.4, 0.5) is 0 Å². The Bertz CT molecular complexity index is 1180. The maximum atomic E-state index is 13.1. The molecular weight excluding hydrogens is 632 g/mol. The van der Waals surface area contributed by atoms with Crippen LogP contribution in [0.15, 0.2) is 30.3 Å². The van der Waals surface area contributed by atoms with Crippen molar-refractivity contribution in [3.8, 4) is 6.07 Å². The summed E-state index contributed by atoms with van der Waals surface area (Å²) in [4.78, 5) is 17.0. The fourth-order valence-electron chi connectivity index (χ4n) is 6.89. The van der Waals surface area contributed by atoms with Crippen molar-refractivity contribution in [2.75, 3.05) is 32.7 Å². The molecule has 0 saturated carbocycles. The van der Waals surface area contributed by atoms with Gasteiger partial charge in [-0.25, -0.2) is 0 Å². The Balaban J connectivity index is 2.24. The van der Waals surface area contributed by atoms with E-state index in [1.54, 1.807) is 20.8 Å². The summed E-state index contributed by atoms with van der Waals surface area (Å²) in [5, 5.41) is 70.0. The number of benzene rings is 1. The largest absolute Gasteiger partial charge is 0.459 e. The second-order valence-electron chi connectivity index (χ2n) is 14.2. The number of hydrogen-bond donors (Lipinski definition) is 6. The standard InChI is InChI=1S/C36H60N4O7S/c1-8-29-36(7,46)32(43)27(5)40(23-24(2)22-35(6,45)31(42)25(3)30(41)26(4)33(44)47-29)20-13-19-39(21-17-37)34(48)38-18-12-16-28-14-10-9-11-15-28/h9-11,14-15,24-27,29-32,41-43,45-46H,8,12-13,16,18-23H2,1-7H3,(H,38,48)/t24-,25+,26-,27-,29-,30+,31-,32-,35-,36-/m1/s1. The Hall–Kier alpha value is -2.37. The van der Waals surface area contributed by atoms with Crippen molar-refractivity contribution in [1.29, 1.82) is 5.26 Å². The highest BCUT2D eigenvalue weighted by Gasteiger charge is 2.47. The van der Waals surface area contributed by atoms with Gasteiger partial charge in [0.05, 0.1) is 29.8 Å². The van der Waals surface area contributed by atoms with Crippen LogP contribution in [-0.2, 0) is 16.0 Å². The summed E-state index contributed by atoms with van der Waals surface area (Å²) in [6.45, 7) is 13.6. The van der Waals surface area contributed by atoms with E-state index in [1.807, 2.05) is 34.9 Å². The maximum Gasteiger partial charge on any atom is 0.311 e. The minimum atomic E-state index is -1.83. The minimum absolute atomic E-state index is 0.112. The molecule has 0 bridgehead atoms. The van der Waals surface area contributed by atoms with Gasteiger partial charge in [0.2, 0.25) is 0 Å². The highest BCUT2D eigenvalue weighted by Crippen LogP contribution is 2.32. The number of nitriles is 1. The predicted octanol–water partition coefficient (Wildman–Crippen LogP) is 2.62. The van der Waals surface area contributed by atoms with E-state index in [-0.39, 0.29) is 25.3 Å². The number of aryl methyl sites for hydroxylation is 1. The van der Waals surface area contributed by atoms with Gasteiger partial charge < -0.3 is 40.5 Å². The van der Waals surface area contributed by atoms with Gasteiger partial charge >= 0.3 is 5.97 Å². The lowest BCUT2D eigenvalue weighted by atomic mass is 9.78. The number of cyclic esters (lactones) is 1. The maximum absolute atomic E-state index is 13.1. The van der Waals surface area contributed by atoms with Crippen molar-refractivity contribution < 1.29 is 35.1 Å². The monoisotopic (exact) mass is 692 g/mol. The number of esters is 1. The molecule has 0 aromatic heterocycles. The van der Waals surface area contributed by atoms with Crippen LogP contribution < -0.4 is 5.32 Å². The summed E-state index contributed by atoms with van der Waals surface area (Å²) in [6, 6.07) is 11.8. The third kappa shape index (κ3) is 11.6. The van der Waals surface area contributed by atoms with E-state index in [9.17, 15) is 35.6 Å². The highest BCUT2D eigenvalue weighted by atomic mass is 32.1. The molecule has 1 heterocycles. The van der Waals surface area contributed by atoms with Crippen LogP contribution in [0.3, 0.4) is 0 Å². The van der Waals surface area contributed by atoms with Crippen molar-refractivity contribution >= 4 is 23.3 Å². The van der Waals surface area contributed by atoms with E-state index in [2.05, 4.69) is 23.5 Å². The van der Waals surface area contributed by atoms with Gasteiger partial charge in [-0.15, -0.1) is 0 Å². The van der Waals surface area contributed by atoms with Crippen molar-refractivity contribution in [3.05, 3.63) is 35.9 Å². The predicted molar refractivity (Wildman–Crippen MR) is 190 cm³/mol. The molecule has 0 unspecified atom stereocenters. The zero-order valence-corrected chi connectivity index (χ0v) is 30.7. The fraction of sp³-hybridized carbons (Fsp3) is 0.750. The van der Waals surface area contributed by atoms with E-state index >= 15 is 0 Å². The van der Waals surface area contributed by atoms with E-state index in [0.717, 1.165) is 12.8 Å². The van der Waals surface area contributed by atoms with Crippen LogP contribution in [0.5, 0.6) is 0 Å². The topological polar surface area (TPSA) is 170 Å². The van der Waals surface area contributed by atoms with Crippen LogP contribution in [-0.4, -0.2) is 121 Å². The zero-order chi connectivity index (χ0) is 36.2. The Morgan fingerprint density at radius 1 is 1.10 bits per heavy atom. The number of carbonyl (C=O) groups excluding carboxylic acids is 1. The summed E-state index contributed by atoms with van der Waals surface area (Å²) in [5.41, 5.74) is -2.17. The van der Waals surface area contributed by atoms with Crippen molar-refractivity contribution in [2.45, 2.75) is 122 Å². The Kier molecular flexibility index (Phi) is 16.7. The fourth-order valence-corrected chi connectivity index (χ4v) is 7.15. The van der Waals surface area contributed by atoms with Gasteiger partial charge in [-0.2, -0.15) is 5.26 Å². The van der Waals surface area contributed by atoms with Crippen LogP contribution >= 0.6 is 12.2 Å². The zero-order valence-electron chi connectivity index (χ0n) is 29.9. The van der Waals surface area contributed by atoms with E-state index in [4.69, 9.17) is 17.0 Å². The Morgan fingerprint density at radius 3 is 2.35 bits per heavy atom. The molecule has 1 fully saturated rings. The smallest absolute Gasteiger partial charge is 0.311 e. The number of aliphatic hydroxyl groups is 5. The van der Waals surface area contributed by atoms with Gasteiger partial charge in [0.15, 0.2) is 5.11 Å². The summed E-state index contributed by atoms with van der Waals surface area (Å²) in [7, 11) is 0. The molecule has 6 N–H and O–H groups in total. The molecule has 12 heteroatoms. The minimum Gasteiger partial charge on any atom is -0.459 e. The van der Waals surface area contributed by atoms with Crippen LogP contribution in [0, 0.1) is 29.1 Å². The third-order valence-electron chi connectivity index (χ3n) is 9.96. The Morgan fingerprint density at radius 2 is 1.75 bits per heavy atom. The SMILES string of the molecule is CC[C@H]1OC(=O)[C@H](C)[C@@H](O)[C@H](C)[C@@H](O)[C@](C)(O)C[C@@H](C)CN(CCCN(CC#N)C(=S)NCCCc2ccccc2)[C@H](C)[C@@H](O)[C@]1(C)O. The molecule has 10 atom stereocenters. The number of aliphatic hydroxyl groups excluding tert-OH is 3. The van der Waals surface area contributed by atoms with Crippen molar-refractivity contribution in [1.82, 2.24) is 15.1 Å². The average molecular weight is 693 g/mol. The molecule has 0 spiro atoms. The number of hydrogen-bond acceptors (Lipinski definition) is 10. The molecule has 0 aliphatic carbocycles. The number of thiocarbonyl (C=S) groups is 1. The Labute approximate surface area is 292 Å². The normalized spacial score (nSPS) is 34.3. The molecular formula is C36H60N4O7S. The van der Waals surface area contributed by atoms with Crippen LogP contribution in [0.2, 0.25) is 0 Å². The number of ether oxygens (including phenoxy) is 1. The summed E-state index contributed by atoms with van der Waals surface area (Å²) in [6.07, 6.45) is -2.29. The van der Waals surface area contributed by atoms with Crippen molar-refractivity contribution in [3.63, 3.8) is 0 Å². The number of rotatable bonds is 10. The van der Waals surface area contributed by atoms with Crippen LogP contribution in [0.25, 0.3) is 0 Å². The van der Waals surface area contributed by atoms with E-state index in [0.29, 0.717) is 37.7 Å². The highest BCUT2D eigenvalue weighted by molar-refractivity contribution is 7.80. The summed E-state index contributed by atoms with van der Waals surface area (Å²) >= 11 is 5.63. The van der Waals surface area contributed by atoms with Gasteiger partial charge in [0, 0.05) is 38.1 Å². The molecule has 272 valence electrons. The lowest BCUT2D eigenvalue weighted by molar-refractivity contribution is -0.193. The van der Waals surface area contributed by atoms with Gasteiger partial charge in [-0.1, -0.05) is 51.1 Å². The molecule has 1 aliphatic rings. The van der Waals surface area contributed by atoms with Gasteiger partial charge in [0.25, 0.3) is 0 Å². The molecule has 48 heavy (non-hydrogen) atoms. The third-order valence-corrected chi connectivity index (χ3v) is 10.4. The lowest BCUT2D eigenvalue weighted by Crippen LogP contribution is -2.59. The molecule has 0 radical (unpaired) electrons. The first-order valence-corrected chi connectivity index (χ1v) is 17.8. The molecule has 1 aliphatic heterocycles. The van der Waals surface area contributed by atoms with Crippen molar-refractivity contribution in [2.24, 2.45) is 17.8 Å². The first-order chi connectivity index (χ1) is 22.5. The molecule has 0 amide bonds. The average Bonchev–Trinajstić information content (AvgIpc) is 3.05. The molecule has 1 aromatic rings. The molecule has 1 saturated heterocycles. The summed E-state index contributed by atoms with van der Waals surface area (Å²) < 4.78 is 5.69. The van der Waals surface area contributed by atoms with Crippen LogP contribution in [0.1, 0.15) is 79.7 Å².